The molecule has 0 bridgehead atoms. The molecule has 1 N–H and O–H groups in total. The van der Waals surface area contributed by atoms with Crippen molar-refractivity contribution in [2.24, 2.45) is 0 Å². The second-order valence-corrected chi connectivity index (χ2v) is 9.42. The van der Waals surface area contributed by atoms with Crippen molar-refractivity contribution >= 4 is 74.5 Å². The molecular formula is C24H17ClI2N2O2. The van der Waals surface area contributed by atoms with Crippen LogP contribution in [0.4, 0.5) is 5.69 Å². The number of amides is 1. The van der Waals surface area contributed by atoms with Gasteiger partial charge in [-0.2, -0.15) is 5.26 Å². The molecule has 3 aromatic rings. The van der Waals surface area contributed by atoms with Crippen molar-refractivity contribution in [3.8, 4) is 11.8 Å². The lowest BCUT2D eigenvalue weighted by atomic mass is 10.1. The predicted molar refractivity (Wildman–Crippen MR) is 141 cm³/mol. The first-order chi connectivity index (χ1) is 14.9. The monoisotopic (exact) mass is 654 g/mol. The van der Waals surface area contributed by atoms with Gasteiger partial charge in [-0.25, -0.2) is 0 Å². The van der Waals surface area contributed by atoms with Crippen LogP contribution < -0.4 is 10.1 Å². The summed E-state index contributed by atoms with van der Waals surface area (Å²) in [6, 6.07) is 20.7. The SMILES string of the molecule is Cc1cccc(NC(=O)/C(C#N)=C\c2cc(I)c(OCc3ccccc3Cl)c(I)c2)c1. The Morgan fingerprint density at radius 3 is 2.48 bits per heavy atom. The molecule has 0 aliphatic carbocycles. The molecule has 1 amide bonds. The number of hydrogen-bond donors (Lipinski definition) is 1. The Kier molecular flexibility index (Phi) is 8.35. The van der Waals surface area contributed by atoms with Gasteiger partial charge in [0.2, 0.25) is 0 Å². The first kappa shape index (κ1) is 23.6. The molecule has 0 aliphatic rings. The fourth-order valence-electron chi connectivity index (χ4n) is 2.80. The van der Waals surface area contributed by atoms with Crippen molar-refractivity contribution in [1.82, 2.24) is 0 Å². The Labute approximate surface area is 213 Å². The second kappa shape index (κ2) is 11.0. The molecule has 0 saturated carbocycles. The van der Waals surface area contributed by atoms with E-state index in [0.717, 1.165) is 29.6 Å². The fourth-order valence-corrected chi connectivity index (χ4v) is 5.12. The number of ether oxygens (including phenoxy) is 1. The first-order valence-corrected chi connectivity index (χ1v) is 11.8. The number of carbonyl (C=O) groups excluding carboxylic acids is 1. The summed E-state index contributed by atoms with van der Waals surface area (Å²) in [5.41, 5.74) is 3.35. The lowest BCUT2D eigenvalue weighted by Gasteiger charge is -2.12. The van der Waals surface area contributed by atoms with Gasteiger partial charge in [0.25, 0.3) is 5.91 Å². The second-order valence-electron chi connectivity index (χ2n) is 6.69. The first-order valence-electron chi connectivity index (χ1n) is 9.22. The van der Waals surface area contributed by atoms with Crippen LogP contribution in [0.15, 0.2) is 66.2 Å². The number of halogens is 3. The topological polar surface area (TPSA) is 62.1 Å². The highest BCUT2D eigenvalue weighted by Gasteiger charge is 2.13. The predicted octanol–water partition coefficient (Wildman–Crippen LogP) is 6.98. The van der Waals surface area contributed by atoms with E-state index in [0.29, 0.717) is 17.3 Å². The molecular weight excluding hydrogens is 638 g/mol. The third-order valence-electron chi connectivity index (χ3n) is 4.30. The molecule has 0 atom stereocenters. The van der Waals surface area contributed by atoms with E-state index < -0.39 is 5.91 Å². The maximum Gasteiger partial charge on any atom is 0.266 e. The van der Waals surface area contributed by atoms with Crippen molar-refractivity contribution < 1.29 is 9.53 Å². The van der Waals surface area contributed by atoms with E-state index in [4.69, 9.17) is 16.3 Å². The number of hydrogen-bond acceptors (Lipinski definition) is 3. The van der Waals surface area contributed by atoms with Crippen LogP contribution in [0.5, 0.6) is 5.75 Å². The molecule has 0 radical (unpaired) electrons. The molecule has 0 heterocycles. The lowest BCUT2D eigenvalue weighted by Crippen LogP contribution is -2.13. The van der Waals surface area contributed by atoms with Gasteiger partial charge in [0, 0.05) is 16.3 Å². The molecule has 0 unspecified atom stereocenters. The Balaban J connectivity index is 1.78. The fraction of sp³-hybridized carbons (Fsp3) is 0.0833. The molecule has 0 aromatic heterocycles. The lowest BCUT2D eigenvalue weighted by molar-refractivity contribution is -0.112. The van der Waals surface area contributed by atoms with Crippen molar-refractivity contribution in [3.63, 3.8) is 0 Å². The van der Waals surface area contributed by atoms with Crippen LogP contribution in [0.3, 0.4) is 0 Å². The van der Waals surface area contributed by atoms with Gasteiger partial charge in [-0.05, 0) is 99.6 Å². The molecule has 0 fully saturated rings. The normalized spacial score (nSPS) is 11.0. The van der Waals surface area contributed by atoms with E-state index >= 15 is 0 Å². The number of rotatable bonds is 6. The van der Waals surface area contributed by atoms with Crippen LogP contribution in [0.25, 0.3) is 6.08 Å². The van der Waals surface area contributed by atoms with Gasteiger partial charge in [0.05, 0.1) is 7.14 Å². The van der Waals surface area contributed by atoms with Crippen molar-refractivity contribution in [3.05, 3.63) is 95.1 Å². The largest absolute Gasteiger partial charge is 0.487 e. The smallest absolute Gasteiger partial charge is 0.266 e. The van der Waals surface area contributed by atoms with Crippen molar-refractivity contribution in [2.75, 3.05) is 5.32 Å². The van der Waals surface area contributed by atoms with Gasteiger partial charge in [-0.3, -0.25) is 4.79 Å². The van der Waals surface area contributed by atoms with Crippen molar-refractivity contribution in [1.29, 1.82) is 5.26 Å². The van der Waals surface area contributed by atoms with E-state index in [9.17, 15) is 10.1 Å². The van der Waals surface area contributed by atoms with Gasteiger partial charge < -0.3 is 10.1 Å². The van der Waals surface area contributed by atoms with Gasteiger partial charge >= 0.3 is 0 Å². The maximum absolute atomic E-state index is 12.5. The van der Waals surface area contributed by atoms with Crippen molar-refractivity contribution in [2.45, 2.75) is 13.5 Å². The molecule has 3 rings (SSSR count). The van der Waals surface area contributed by atoms with E-state index in [1.54, 1.807) is 12.1 Å². The number of anilines is 1. The third-order valence-corrected chi connectivity index (χ3v) is 6.27. The summed E-state index contributed by atoms with van der Waals surface area (Å²) >= 11 is 10.6. The molecule has 7 heteroatoms. The third kappa shape index (κ3) is 6.45. The van der Waals surface area contributed by atoms with Crippen LogP contribution in [0, 0.1) is 25.4 Å². The Hall–Kier alpha value is -2.09. The molecule has 3 aromatic carbocycles. The highest BCUT2D eigenvalue weighted by atomic mass is 127. The molecule has 0 saturated heterocycles. The summed E-state index contributed by atoms with van der Waals surface area (Å²) in [5, 5.41) is 12.9. The summed E-state index contributed by atoms with van der Waals surface area (Å²) in [6.45, 7) is 2.29. The Morgan fingerprint density at radius 1 is 1.13 bits per heavy atom. The summed E-state index contributed by atoms with van der Waals surface area (Å²) in [6.07, 6.45) is 1.58. The minimum absolute atomic E-state index is 0.0258. The molecule has 0 spiro atoms. The van der Waals surface area contributed by atoms with Gasteiger partial charge in [0.1, 0.15) is 24.0 Å². The zero-order chi connectivity index (χ0) is 22.4. The van der Waals surface area contributed by atoms with E-state index in [-0.39, 0.29) is 5.57 Å². The van der Waals surface area contributed by atoms with E-state index in [2.05, 4.69) is 50.5 Å². The van der Waals surface area contributed by atoms with Gasteiger partial charge in [-0.15, -0.1) is 0 Å². The minimum atomic E-state index is -0.447. The van der Waals surface area contributed by atoms with Crippen LogP contribution in [0.1, 0.15) is 16.7 Å². The zero-order valence-electron chi connectivity index (χ0n) is 16.5. The molecule has 31 heavy (non-hydrogen) atoms. The van der Waals surface area contributed by atoms with Crippen LogP contribution in [-0.4, -0.2) is 5.91 Å². The summed E-state index contributed by atoms with van der Waals surface area (Å²) in [5.74, 6) is 0.290. The highest BCUT2D eigenvalue weighted by Crippen LogP contribution is 2.31. The number of nitrogens with zero attached hydrogens (tertiary/aromatic N) is 1. The summed E-state index contributed by atoms with van der Waals surface area (Å²) in [7, 11) is 0. The number of benzene rings is 3. The standard InChI is InChI=1S/C24H17ClI2N2O2/c1-15-5-4-7-19(9-15)29-24(30)18(13-28)10-16-11-21(26)23(22(27)12-16)31-14-17-6-2-3-8-20(17)25/h2-12H,14H2,1H3,(H,29,30)/b18-10-. The highest BCUT2D eigenvalue weighted by molar-refractivity contribution is 14.1. The summed E-state index contributed by atoms with van der Waals surface area (Å²) in [4.78, 5) is 12.5. The van der Waals surface area contributed by atoms with Crippen LogP contribution >= 0.6 is 56.8 Å². The number of nitrogens with one attached hydrogen (secondary N) is 1. The number of nitriles is 1. The maximum atomic E-state index is 12.5. The number of carbonyl (C=O) groups is 1. The zero-order valence-corrected chi connectivity index (χ0v) is 21.5. The average molecular weight is 655 g/mol. The van der Waals surface area contributed by atoms with Gasteiger partial charge in [-0.1, -0.05) is 41.9 Å². The number of aryl methyl sites for hydroxylation is 1. The molecule has 0 aliphatic heterocycles. The van der Waals surface area contributed by atoms with Crippen LogP contribution in [-0.2, 0) is 11.4 Å². The molecule has 4 nitrogen and oxygen atoms in total. The minimum Gasteiger partial charge on any atom is -0.487 e. The quantitative estimate of drug-likeness (QED) is 0.177. The summed E-state index contributed by atoms with van der Waals surface area (Å²) < 4.78 is 7.74. The average Bonchev–Trinajstić information content (AvgIpc) is 2.72. The van der Waals surface area contributed by atoms with E-state index in [1.165, 1.54) is 0 Å². The Morgan fingerprint density at radius 2 is 1.84 bits per heavy atom. The Bertz CT molecular complexity index is 1180. The molecule has 156 valence electrons. The van der Waals surface area contributed by atoms with E-state index in [1.807, 2.05) is 67.6 Å². The van der Waals surface area contributed by atoms with Crippen LogP contribution in [0.2, 0.25) is 5.02 Å². The van der Waals surface area contributed by atoms with Gasteiger partial charge in [0.15, 0.2) is 0 Å².